The Morgan fingerprint density at radius 2 is 1.71 bits per heavy atom. The smallest absolute Gasteiger partial charge is 0.281 e. The van der Waals surface area contributed by atoms with Crippen LogP contribution in [0, 0.1) is 0 Å². The average Bonchev–Trinajstić information content (AvgIpc) is 3.65. The lowest BCUT2D eigenvalue weighted by molar-refractivity contribution is -0.134. The molecule has 0 N–H and O–H groups in total. The zero-order chi connectivity index (χ0) is 32.1. The van der Waals surface area contributed by atoms with Crippen LogP contribution in [0.4, 0.5) is 0 Å². The van der Waals surface area contributed by atoms with Crippen molar-refractivity contribution in [1.29, 1.82) is 0 Å². The number of ketones is 1. The fourth-order valence-corrected chi connectivity index (χ4v) is 6.98. The Hall–Kier alpha value is -4.00. The second kappa shape index (κ2) is 14.0. The van der Waals surface area contributed by atoms with Crippen LogP contribution in [0.2, 0.25) is 0 Å². The first-order valence-corrected chi connectivity index (χ1v) is 16.8. The number of fused-ring (bicyclic) bond motifs is 5. The molecular formula is C33H42N6O5S. The Morgan fingerprint density at radius 3 is 2.49 bits per heavy atom. The lowest BCUT2D eigenvalue weighted by Crippen LogP contribution is -2.43. The maximum atomic E-state index is 14.1. The molecule has 0 aliphatic carbocycles. The number of aromatic nitrogens is 3. The zero-order valence-corrected chi connectivity index (χ0v) is 27.2. The number of aryl methyl sites for hydroxylation is 1. The van der Waals surface area contributed by atoms with E-state index < -0.39 is 16.3 Å². The highest BCUT2D eigenvalue weighted by atomic mass is 32.2. The van der Waals surface area contributed by atoms with Gasteiger partial charge in [-0.15, -0.1) is 0 Å². The lowest BCUT2D eigenvalue weighted by atomic mass is 10.1. The van der Waals surface area contributed by atoms with Crippen LogP contribution in [-0.2, 0) is 21.5 Å². The minimum Gasteiger partial charge on any atom is -0.492 e. The van der Waals surface area contributed by atoms with Gasteiger partial charge < -0.3 is 18.8 Å². The minimum atomic E-state index is -3.67. The highest BCUT2D eigenvalue weighted by Gasteiger charge is 2.27. The Morgan fingerprint density at radius 1 is 0.956 bits per heavy atom. The molecule has 1 unspecified atom stereocenters. The number of para-hydroxylation sites is 1. The van der Waals surface area contributed by atoms with Crippen LogP contribution in [0.15, 0.2) is 67.1 Å². The monoisotopic (exact) mass is 634 g/mol. The van der Waals surface area contributed by atoms with Gasteiger partial charge in [0.15, 0.2) is 5.78 Å². The van der Waals surface area contributed by atoms with Crippen molar-refractivity contribution in [2.75, 3.05) is 46.9 Å². The summed E-state index contributed by atoms with van der Waals surface area (Å²) in [4.78, 5) is 33.0. The van der Waals surface area contributed by atoms with Gasteiger partial charge in [-0.2, -0.15) is 17.0 Å². The summed E-state index contributed by atoms with van der Waals surface area (Å²) in [5.74, 6) is 1.34. The molecule has 2 aromatic heterocycles. The van der Waals surface area contributed by atoms with Crippen molar-refractivity contribution in [1.82, 2.24) is 27.6 Å². The Bertz CT molecular complexity index is 1760. The first kappa shape index (κ1) is 32.4. The number of benzene rings is 2. The molecule has 11 nitrogen and oxygen atoms in total. The van der Waals surface area contributed by atoms with Crippen molar-refractivity contribution in [2.24, 2.45) is 0 Å². The lowest BCUT2D eigenvalue weighted by Gasteiger charge is -2.28. The molecule has 1 atom stereocenters. The van der Waals surface area contributed by atoms with Crippen LogP contribution in [0.3, 0.4) is 0 Å². The molecule has 3 heterocycles. The normalized spacial score (nSPS) is 16.6. The second-order valence-electron chi connectivity index (χ2n) is 11.6. The summed E-state index contributed by atoms with van der Waals surface area (Å²) >= 11 is 0. The molecule has 1 aliphatic rings. The van der Waals surface area contributed by atoms with Crippen molar-refractivity contribution < 1.29 is 22.7 Å². The molecule has 45 heavy (non-hydrogen) atoms. The van der Waals surface area contributed by atoms with E-state index in [0.717, 1.165) is 22.3 Å². The van der Waals surface area contributed by atoms with Crippen molar-refractivity contribution in [3.05, 3.63) is 72.7 Å². The van der Waals surface area contributed by atoms with Gasteiger partial charge in [0.1, 0.15) is 24.2 Å². The molecular weight excluding hydrogens is 592 g/mol. The van der Waals surface area contributed by atoms with Crippen molar-refractivity contribution in [3.63, 3.8) is 0 Å². The van der Waals surface area contributed by atoms with Gasteiger partial charge in [0, 0.05) is 87.4 Å². The molecule has 1 amide bonds. The quantitative estimate of drug-likeness (QED) is 0.300. The fraction of sp³-hybridized carbons (Fsp3) is 0.424. The first-order valence-electron chi connectivity index (χ1n) is 15.4. The molecule has 2 aromatic carbocycles. The SMILES string of the molecule is CC(=O)c1cn(C(C)C(=O)N2CCCCN(S(=O)(=O)N(C)C)CCOc3cccc(c3)-c3nccn3CCC2)c2ccccc12. The third-order valence-corrected chi connectivity index (χ3v) is 10.3. The van der Waals surface area contributed by atoms with E-state index in [4.69, 9.17) is 4.74 Å². The van der Waals surface area contributed by atoms with E-state index >= 15 is 0 Å². The van der Waals surface area contributed by atoms with E-state index in [-0.39, 0.29) is 24.8 Å². The standard InChI is InChI=1S/C33H42N6O5S/c1-25(39-24-30(26(2)40)29-13-5-6-14-31(29)39)33(41)37-16-7-8-19-38(45(42,43)35(3)4)21-22-44-28-12-9-11-27(23-28)32-34-15-20-36(32)17-10-18-37/h5-6,9,11-15,20,23-25H,7-8,10,16-19,21-22H2,1-4H3. The van der Waals surface area contributed by atoms with E-state index in [9.17, 15) is 18.0 Å². The van der Waals surface area contributed by atoms with Gasteiger partial charge in [-0.3, -0.25) is 9.59 Å². The summed E-state index contributed by atoms with van der Waals surface area (Å²) in [6.07, 6.45) is 7.39. The molecule has 240 valence electrons. The van der Waals surface area contributed by atoms with Crippen LogP contribution in [-0.4, -0.2) is 94.6 Å². The van der Waals surface area contributed by atoms with Gasteiger partial charge >= 0.3 is 0 Å². The van der Waals surface area contributed by atoms with E-state index in [1.54, 1.807) is 19.3 Å². The average molecular weight is 635 g/mol. The number of Topliss-reactive ketones (excluding diaryl/α,β-unsaturated/α-hetero) is 1. The van der Waals surface area contributed by atoms with Crippen molar-refractivity contribution in [3.8, 4) is 17.1 Å². The van der Waals surface area contributed by atoms with Crippen LogP contribution in [0.25, 0.3) is 22.3 Å². The predicted molar refractivity (Wildman–Crippen MR) is 174 cm³/mol. The number of ether oxygens (including phenoxy) is 1. The number of nitrogens with zero attached hydrogens (tertiary/aromatic N) is 6. The van der Waals surface area contributed by atoms with Crippen LogP contribution < -0.4 is 4.74 Å². The number of amides is 1. The molecule has 0 saturated heterocycles. The Kier molecular flexibility index (Phi) is 10.1. The van der Waals surface area contributed by atoms with Gasteiger partial charge in [0.25, 0.3) is 10.2 Å². The van der Waals surface area contributed by atoms with Gasteiger partial charge in [-0.1, -0.05) is 30.3 Å². The van der Waals surface area contributed by atoms with Gasteiger partial charge in [0.2, 0.25) is 5.91 Å². The summed E-state index contributed by atoms with van der Waals surface area (Å²) in [7, 11) is -0.624. The molecule has 0 saturated carbocycles. The van der Waals surface area contributed by atoms with Gasteiger partial charge in [0.05, 0.1) is 0 Å². The highest BCUT2D eigenvalue weighted by Crippen LogP contribution is 2.27. The van der Waals surface area contributed by atoms with Crippen LogP contribution in [0.5, 0.6) is 5.75 Å². The fourth-order valence-electron chi connectivity index (χ4n) is 5.86. The zero-order valence-electron chi connectivity index (χ0n) is 26.4. The molecule has 0 fully saturated rings. The third-order valence-electron chi connectivity index (χ3n) is 8.32. The van der Waals surface area contributed by atoms with E-state index in [2.05, 4.69) is 9.55 Å². The predicted octanol–water partition coefficient (Wildman–Crippen LogP) is 4.47. The largest absolute Gasteiger partial charge is 0.492 e. The summed E-state index contributed by atoms with van der Waals surface area (Å²) in [6.45, 7) is 5.76. The third kappa shape index (κ3) is 7.13. The summed E-state index contributed by atoms with van der Waals surface area (Å²) in [6, 6.07) is 14.7. The van der Waals surface area contributed by atoms with Gasteiger partial charge in [-0.05, 0) is 51.3 Å². The molecule has 2 bridgehead atoms. The minimum absolute atomic E-state index is 0.0466. The summed E-state index contributed by atoms with van der Waals surface area (Å²) < 4.78 is 38.9. The van der Waals surface area contributed by atoms with Crippen LogP contribution in [0.1, 0.15) is 49.5 Å². The van der Waals surface area contributed by atoms with Crippen molar-refractivity contribution >= 4 is 32.8 Å². The van der Waals surface area contributed by atoms with Gasteiger partial charge in [-0.25, -0.2) is 4.98 Å². The Labute approximate surface area is 265 Å². The highest BCUT2D eigenvalue weighted by molar-refractivity contribution is 7.86. The number of hydrogen-bond donors (Lipinski definition) is 0. The molecule has 0 spiro atoms. The van der Waals surface area contributed by atoms with E-state index in [1.165, 1.54) is 22.7 Å². The number of hydrogen-bond acceptors (Lipinski definition) is 6. The van der Waals surface area contributed by atoms with Crippen LogP contribution >= 0.6 is 0 Å². The maximum absolute atomic E-state index is 14.1. The number of rotatable bonds is 5. The molecule has 1 aliphatic heterocycles. The molecule has 5 rings (SSSR count). The molecule has 4 aromatic rings. The molecule has 0 radical (unpaired) electrons. The maximum Gasteiger partial charge on any atom is 0.281 e. The first-order chi connectivity index (χ1) is 21.6. The van der Waals surface area contributed by atoms with Crippen molar-refractivity contribution in [2.45, 2.75) is 45.7 Å². The molecule has 12 heteroatoms. The summed E-state index contributed by atoms with van der Waals surface area (Å²) in [5.41, 5.74) is 2.32. The Balaban J connectivity index is 1.42. The number of imidazole rings is 1. The number of carbonyl (C=O) groups is 2. The second-order valence-corrected chi connectivity index (χ2v) is 13.7. The van der Waals surface area contributed by atoms with E-state index in [1.807, 2.05) is 71.1 Å². The topological polar surface area (TPSA) is 110 Å². The van der Waals surface area contributed by atoms with E-state index in [0.29, 0.717) is 56.8 Å². The summed E-state index contributed by atoms with van der Waals surface area (Å²) in [5, 5.41) is 0.830. The number of carbonyl (C=O) groups excluding carboxylic acids is 2.